The fourth-order valence-electron chi connectivity index (χ4n) is 4.15. The van der Waals surface area contributed by atoms with Gasteiger partial charge in [-0.25, -0.2) is 0 Å². The quantitative estimate of drug-likeness (QED) is 0.556. The number of para-hydroxylation sites is 2. The molecular weight excluding hydrogens is 372 g/mol. The van der Waals surface area contributed by atoms with Crippen molar-refractivity contribution in [3.63, 3.8) is 0 Å². The fraction of sp³-hybridized carbons (Fsp3) is 0.269. The van der Waals surface area contributed by atoms with Crippen molar-refractivity contribution in [2.75, 3.05) is 11.9 Å². The molecule has 3 aromatic rings. The number of carbonyl (C=O) groups excluding carboxylic acids is 1. The minimum Gasteiger partial charge on any atom is -0.492 e. The van der Waals surface area contributed by atoms with Crippen molar-refractivity contribution in [3.05, 3.63) is 95.6 Å². The van der Waals surface area contributed by atoms with Gasteiger partial charge in [-0.3, -0.25) is 10.1 Å². The molecule has 1 aliphatic carbocycles. The highest BCUT2D eigenvalue weighted by molar-refractivity contribution is 5.96. The van der Waals surface area contributed by atoms with E-state index >= 15 is 0 Å². The molecule has 4 nitrogen and oxygen atoms in total. The van der Waals surface area contributed by atoms with Crippen LogP contribution in [0.15, 0.2) is 78.9 Å². The minimum atomic E-state index is -0.461. The van der Waals surface area contributed by atoms with E-state index in [2.05, 4.69) is 34.9 Å². The Bertz CT molecular complexity index is 987. The lowest BCUT2D eigenvalue weighted by Gasteiger charge is -2.30. The molecule has 0 spiro atoms. The Morgan fingerprint density at radius 1 is 1.00 bits per heavy atom. The van der Waals surface area contributed by atoms with Crippen LogP contribution in [0.2, 0.25) is 0 Å². The van der Waals surface area contributed by atoms with E-state index in [1.165, 1.54) is 11.1 Å². The van der Waals surface area contributed by atoms with Gasteiger partial charge in [0, 0.05) is 6.04 Å². The standard InChI is InChI=1S/C26H28N2O2/c1-2-30-24-18-9-8-16-23(24)28-26(29)25(20-12-4-3-5-13-20)27-22-17-10-14-19-11-6-7-15-21(19)22/h3-9,11-13,15-16,18,22,25,27H,2,10,14,17H2,1H3,(H,28,29). The zero-order valence-electron chi connectivity index (χ0n) is 17.3. The number of nitrogens with one attached hydrogen (secondary N) is 2. The maximum atomic E-state index is 13.4. The number of aryl methyl sites for hydroxylation is 1. The lowest BCUT2D eigenvalue weighted by atomic mass is 9.87. The van der Waals surface area contributed by atoms with Gasteiger partial charge in [-0.2, -0.15) is 0 Å². The van der Waals surface area contributed by atoms with E-state index in [0.29, 0.717) is 18.0 Å². The molecule has 0 saturated carbocycles. The van der Waals surface area contributed by atoms with Gasteiger partial charge in [0.1, 0.15) is 11.8 Å². The molecule has 1 aliphatic rings. The SMILES string of the molecule is CCOc1ccccc1NC(=O)C(NC1CCCc2ccccc21)c1ccccc1. The number of fused-ring (bicyclic) bond motifs is 1. The van der Waals surface area contributed by atoms with Crippen molar-refractivity contribution < 1.29 is 9.53 Å². The van der Waals surface area contributed by atoms with Gasteiger partial charge in [-0.05, 0) is 55.0 Å². The molecule has 0 radical (unpaired) electrons. The summed E-state index contributed by atoms with van der Waals surface area (Å²) in [5.41, 5.74) is 4.31. The van der Waals surface area contributed by atoms with Crippen molar-refractivity contribution in [3.8, 4) is 5.75 Å². The van der Waals surface area contributed by atoms with Crippen LogP contribution in [0.5, 0.6) is 5.75 Å². The molecule has 0 saturated heterocycles. The van der Waals surface area contributed by atoms with Gasteiger partial charge in [0.2, 0.25) is 5.91 Å². The minimum absolute atomic E-state index is 0.0867. The Kier molecular flexibility index (Phi) is 6.45. The van der Waals surface area contributed by atoms with Crippen LogP contribution < -0.4 is 15.4 Å². The summed E-state index contributed by atoms with van der Waals surface area (Å²) in [4.78, 5) is 13.4. The molecule has 0 bridgehead atoms. The number of ether oxygens (including phenoxy) is 1. The summed E-state index contributed by atoms with van der Waals surface area (Å²) in [6.45, 7) is 2.49. The molecule has 30 heavy (non-hydrogen) atoms. The van der Waals surface area contributed by atoms with E-state index in [9.17, 15) is 4.79 Å². The third-order valence-electron chi connectivity index (χ3n) is 5.58. The van der Waals surface area contributed by atoms with Crippen LogP contribution in [0.4, 0.5) is 5.69 Å². The second kappa shape index (κ2) is 9.59. The molecule has 4 heteroatoms. The zero-order chi connectivity index (χ0) is 20.8. The van der Waals surface area contributed by atoms with Gasteiger partial charge in [-0.1, -0.05) is 66.7 Å². The smallest absolute Gasteiger partial charge is 0.246 e. The largest absolute Gasteiger partial charge is 0.492 e. The van der Waals surface area contributed by atoms with Crippen LogP contribution >= 0.6 is 0 Å². The molecule has 0 fully saturated rings. The third kappa shape index (κ3) is 4.55. The summed E-state index contributed by atoms with van der Waals surface area (Å²) in [5, 5.41) is 6.73. The molecule has 0 aromatic heterocycles. The maximum Gasteiger partial charge on any atom is 0.246 e. The van der Waals surface area contributed by atoms with Crippen molar-refractivity contribution in [2.45, 2.75) is 38.3 Å². The Morgan fingerprint density at radius 2 is 1.73 bits per heavy atom. The molecule has 2 N–H and O–H groups in total. The summed E-state index contributed by atoms with van der Waals surface area (Å²) in [6, 6.07) is 25.7. The number of hydrogen-bond donors (Lipinski definition) is 2. The summed E-state index contributed by atoms with van der Waals surface area (Å²) in [5.74, 6) is 0.597. The van der Waals surface area contributed by atoms with Crippen LogP contribution in [0.1, 0.15) is 48.5 Å². The number of amides is 1. The van der Waals surface area contributed by atoms with Crippen molar-refractivity contribution in [1.29, 1.82) is 0 Å². The van der Waals surface area contributed by atoms with Gasteiger partial charge in [0.25, 0.3) is 0 Å². The van der Waals surface area contributed by atoms with Crippen LogP contribution in [0.3, 0.4) is 0 Å². The number of hydrogen-bond acceptors (Lipinski definition) is 3. The van der Waals surface area contributed by atoms with E-state index in [4.69, 9.17) is 4.74 Å². The predicted molar refractivity (Wildman–Crippen MR) is 121 cm³/mol. The second-order valence-electron chi connectivity index (χ2n) is 7.57. The van der Waals surface area contributed by atoms with Crippen LogP contribution in [0.25, 0.3) is 0 Å². The van der Waals surface area contributed by atoms with E-state index in [-0.39, 0.29) is 11.9 Å². The number of benzene rings is 3. The van der Waals surface area contributed by atoms with E-state index in [1.807, 2.05) is 61.5 Å². The van der Waals surface area contributed by atoms with E-state index < -0.39 is 6.04 Å². The van der Waals surface area contributed by atoms with Crippen molar-refractivity contribution in [2.24, 2.45) is 0 Å². The monoisotopic (exact) mass is 400 g/mol. The first-order valence-electron chi connectivity index (χ1n) is 10.7. The molecule has 2 atom stereocenters. The van der Waals surface area contributed by atoms with Gasteiger partial charge in [0.15, 0.2) is 0 Å². The molecule has 154 valence electrons. The molecule has 0 heterocycles. The summed E-state index contributed by atoms with van der Waals surface area (Å²) < 4.78 is 5.68. The van der Waals surface area contributed by atoms with E-state index in [1.54, 1.807) is 0 Å². The lowest BCUT2D eigenvalue weighted by Crippen LogP contribution is -2.36. The summed E-state index contributed by atoms with van der Waals surface area (Å²) in [7, 11) is 0. The number of carbonyl (C=O) groups is 1. The van der Waals surface area contributed by atoms with Crippen LogP contribution in [-0.2, 0) is 11.2 Å². The van der Waals surface area contributed by atoms with Crippen LogP contribution in [-0.4, -0.2) is 12.5 Å². The first kappa shape index (κ1) is 20.2. The van der Waals surface area contributed by atoms with Gasteiger partial charge >= 0.3 is 0 Å². The van der Waals surface area contributed by atoms with E-state index in [0.717, 1.165) is 24.8 Å². The highest BCUT2D eigenvalue weighted by Crippen LogP contribution is 2.32. The average molecular weight is 401 g/mol. The normalized spacial score (nSPS) is 16.4. The Balaban J connectivity index is 1.61. The molecular formula is C26H28N2O2. The van der Waals surface area contributed by atoms with Gasteiger partial charge < -0.3 is 10.1 Å². The first-order valence-corrected chi connectivity index (χ1v) is 10.7. The van der Waals surface area contributed by atoms with Crippen molar-refractivity contribution >= 4 is 11.6 Å². The van der Waals surface area contributed by atoms with Gasteiger partial charge in [0.05, 0.1) is 12.3 Å². The lowest BCUT2D eigenvalue weighted by molar-refractivity contribution is -0.118. The fourth-order valence-corrected chi connectivity index (χ4v) is 4.15. The number of rotatable bonds is 7. The summed E-state index contributed by atoms with van der Waals surface area (Å²) >= 11 is 0. The molecule has 3 aromatic carbocycles. The molecule has 2 unspecified atom stereocenters. The highest BCUT2D eigenvalue weighted by atomic mass is 16.5. The molecule has 4 rings (SSSR count). The molecule has 1 amide bonds. The second-order valence-corrected chi connectivity index (χ2v) is 7.57. The summed E-state index contributed by atoms with van der Waals surface area (Å²) in [6.07, 6.45) is 3.23. The first-order chi connectivity index (χ1) is 14.8. The predicted octanol–water partition coefficient (Wildman–Crippen LogP) is 5.43. The molecule has 0 aliphatic heterocycles. The topological polar surface area (TPSA) is 50.4 Å². The number of anilines is 1. The highest BCUT2D eigenvalue weighted by Gasteiger charge is 2.28. The maximum absolute atomic E-state index is 13.4. The average Bonchev–Trinajstić information content (AvgIpc) is 2.79. The zero-order valence-corrected chi connectivity index (χ0v) is 17.3. The Hall–Kier alpha value is -3.11. The van der Waals surface area contributed by atoms with Gasteiger partial charge in [-0.15, -0.1) is 0 Å². The Morgan fingerprint density at radius 3 is 2.57 bits per heavy atom. The van der Waals surface area contributed by atoms with Crippen LogP contribution in [0, 0.1) is 0 Å². The van der Waals surface area contributed by atoms with Crippen molar-refractivity contribution in [1.82, 2.24) is 5.32 Å². The third-order valence-corrected chi connectivity index (χ3v) is 5.58. The Labute approximate surface area is 178 Å².